The molecule has 0 aliphatic carbocycles. The largest absolute Gasteiger partial charge is 0.315 e. The van der Waals surface area contributed by atoms with Gasteiger partial charge in [0.25, 0.3) is 0 Å². The van der Waals surface area contributed by atoms with E-state index in [-0.39, 0.29) is 0 Å². The zero-order chi connectivity index (χ0) is 12.7. The molecule has 0 aliphatic rings. The van der Waals surface area contributed by atoms with Crippen LogP contribution < -0.4 is 10.6 Å². The van der Waals surface area contributed by atoms with Crippen LogP contribution in [0.25, 0.3) is 0 Å². The predicted molar refractivity (Wildman–Crippen MR) is 75.7 cm³/mol. The molecule has 96 valence electrons. The second kappa shape index (κ2) is 7.70. The molecular weight excluding hydrogens is 232 g/mol. The smallest absolute Gasteiger partial charge is 0.0438 e. The minimum atomic E-state index is 0.472. The van der Waals surface area contributed by atoms with Crippen molar-refractivity contribution in [2.24, 2.45) is 0 Å². The summed E-state index contributed by atoms with van der Waals surface area (Å²) in [6.07, 6.45) is 1.18. The number of halogens is 1. The standard InChI is InChI=1S/C14H23ClN2/c1-4-8-16-9-11(2)17-10-13-6-5-7-14(15)12(13)3/h5-7,11,16-17H,4,8-10H2,1-3H3. The molecule has 0 heterocycles. The lowest BCUT2D eigenvalue weighted by molar-refractivity contribution is 0.500. The zero-order valence-electron chi connectivity index (χ0n) is 11.0. The van der Waals surface area contributed by atoms with E-state index in [2.05, 4.69) is 37.5 Å². The molecule has 0 fully saturated rings. The van der Waals surface area contributed by atoms with Gasteiger partial charge in [0.2, 0.25) is 0 Å². The summed E-state index contributed by atoms with van der Waals surface area (Å²) in [4.78, 5) is 0. The van der Waals surface area contributed by atoms with E-state index >= 15 is 0 Å². The van der Waals surface area contributed by atoms with Crippen LogP contribution in [-0.4, -0.2) is 19.1 Å². The fraction of sp³-hybridized carbons (Fsp3) is 0.571. The molecular formula is C14H23ClN2. The summed E-state index contributed by atoms with van der Waals surface area (Å²) >= 11 is 6.09. The summed E-state index contributed by atoms with van der Waals surface area (Å²) < 4.78 is 0. The molecule has 1 aromatic carbocycles. The molecule has 2 nitrogen and oxygen atoms in total. The molecule has 1 atom stereocenters. The molecule has 3 heteroatoms. The normalized spacial score (nSPS) is 12.7. The van der Waals surface area contributed by atoms with Gasteiger partial charge in [-0.3, -0.25) is 0 Å². The minimum absolute atomic E-state index is 0.472. The summed E-state index contributed by atoms with van der Waals surface area (Å²) in [6.45, 7) is 9.42. The van der Waals surface area contributed by atoms with Crippen molar-refractivity contribution in [3.05, 3.63) is 34.3 Å². The SMILES string of the molecule is CCCNCC(C)NCc1cccc(Cl)c1C. The third kappa shape index (κ3) is 5.07. The maximum Gasteiger partial charge on any atom is 0.0438 e. The maximum absolute atomic E-state index is 6.09. The predicted octanol–water partition coefficient (Wildman–Crippen LogP) is 3.13. The highest BCUT2D eigenvalue weighted by atomic mass is 35.5. The fourth-order valence-corrected chi connectivity index (χ4v) is 1.89. The van der Waals surface area contributed by atoms with Crippen LogP contribution in [0.2, 0.25) is 5.02 Å². The molecule has 0 saturated carbocycles. The van der Waals surface area contributed by atoms with E-state index in [1.807, 2.05) is 12.1 Å². The van der Waals surface area contributed by atoms with Gasteiger partial charge in [0, 0.05) is 24.2 Å². The van der Waals surface area contributed by atoms with Crippen LogP contribution >= 0.6 is 11.6 Å². The van der Waals surface area contributed by atoms with Gasteiger partial charge >= 0.3 is 0 Å². The average Bonchev–Trinajstić information content (AvgIpc) is 2.31. The fourth-order valence-electron chi connectivity index (χ4n) is 1.70. The molecule has 0 amide bonds. The molecule has 1 unspecified atom stereocenters. The van der Waals surface area contributed by atoms with Gasteiger partial charge in [0.15, 0.2) is 0 Å². The van der Waals surface area contributed by atoms with Gasteiger partial charge in [-0.15, -0.1) is 0 Å². The van der Waals surface area contributed by atoms with E-state index < -0.39 is 0 Å². The summed E-state index contributed by atoms with van der Waals surface area (Å²) in [5.74, 6) is 0. The van der Waals surface area contributed by atoms with Gasteiger partial charge in [-0.2, -0.15) is 0 Å². The molecule has 0 bridgehead atoms. The van der Waals surface area contributed by atoms with Crippen molar-refractivity contribution < 1.29 is 0 Å². The second-order valence-corrected chi connectivity index (χ2v) is 4.92. The van der Waals surface area contributed by atoms with Crippen molar-refractivity contribution in [3.8, 4) is 0 Å². The lowest BCUT2D eigenvalue weighted by Gasteiger charge is -2.16. The van der Waals surface area contributed by atoms with Crippen LogP contribution in [-0.2, 0) is 6.54 Å². The summed E-state index contributed by atoms with van der Waals surface area (Å²) in [6, 6.07) is 6.54. The van der Waals surface area contributed by atoms with E-state index in [1.165, 1.54) is 17.5 Å². The zero-order valence-corrected chi connectivity index (χ0v) is 11.8. The number of rotatable bonds is 7. The highest BCUT2D eigenvalue weighted by Crippen LogP contribution is 2.18. The quantitative estimate of drug-likeness (QED) is 0.731. The van der Waals surface area contributed by atoms with Gasteiger partial charge in [0.05, 0.1) is 0 Å². The third-order valence-electron chi connectivity index (χ3n) is 2.90. The van der Waals surface area contributed by atoms with E-state index in [1.54, 1.807) is 0 Å². The van der Waals surface area contributed by atoms with E-state index in [4.69, 9.17) is 11.6 Å². The molecule has 1 aromatic rings. The molecule has 17 heavy (non-hydrogen) atoms. The van der Waals surface area contributed by atoms with Gasteiger partial charge < -0.3 is 10.6 Å². The van der Waals surface area contributed by atoms with E-state index in [0.29, 0.717) is 6.04 Å². The lowest BCUT2D eigenvalue weighted by atomic mass is 10.1. The highest BCUT2D eigenvalue weighted by Gasteiger charge is 2.04. The van der Waals surface area contributed by atoms with Gasteiger partial charge in [-0.1, -0.05) is 30.7 Å². The van der Waals surface area contributed by atoms with Crippen molar-refractivity contribution >= 4 is 11.6 Å². The van der Waals surface area contributed by atoms with Crippen LogP contribution in [0.3, 0.4) is 0 Å². The lowest BCUT2D eigenvalue weighted by Crippen LogP contribution is -2.36. The second-order valence-electron chi connectivity index (χ2n) is 4.51. The van der Waals surface area contributed by atoms with Gasteiger partial charge in [0.1, 0.15) is 0 Å². The molecule has 0 saturated heterocycles. The van der Waals surface area contributed by atoms with Crippen molar-refractivity contribution in [1.29, 1.82) is 0 Å². The Morgan fingerprint density at radius 1 is 1.35 bits per heavy atom. The maximum atomic E-state index is 6.09. The molecule has 2 N–H and O–H groups in total. The summed E-state index contributed by atoms with van der Waals surface area (Å²) in [7, 11) is 0. The van der Waals surface area contributed by atoms with E-state index in [0.717, 1.165) is 24.7 Å². The van der Waals surface area contributed by atoms with E-state index in [9.17, 15) is 0 Å². The van der Waals surface area contributed by atoms with Crippen molar-refractivity contribution in [3.63, 3.8) is 0 Å². The van der Waals surface area contributed by atoms with Crippen molar-refractivity contribution in [2.45, 2.75) is 39.8 Å². The van der Waals surface area contributed by atoms with Gasteiger partial charge in [-0.25, -0.2) is 0 Å². The number of nitrogens with one attached hydrogen (secondary N) is 2. The number of hydrogen-bond donors (Lipinski definition) is 2. The molecule has 0 aliphatic heterocycles. The van der Waals surface area contributed by atoms with Crippen LogP contribution in [0, 0.1) is 6.92 Å². The number of benzene rings is 1. The van der Waals surface area contributed by atoms with Crippen LogP contribution in [0.5, 0.6) is 0 Å². The third-order valence-corrected chi connectivity index (χ3v) is 3.31. The Hall–Kier alpha value is -0.570. The summed E-state index contributed by atoms with van der Waals surface area (Å²) in [5.41, 5.74) is 2.45. The van der Waals surface area contributed by atoms with Crippen molar-refractivity contribution in [1.82, 2.24) is 10.6 Å². The molecule has 0 spiro atoms. The first-order chi connectivity index (χ1) is 8.15. The Morgan fingerprint density at radius 3 is 2.82 bits per heavy atom. The Morgan fingerprint density at radius 2 is 2.12 bits per heavy atom. The van der Waals surface area contributed by atoms with Crippen LogP contribution in [0.4, 0.5) is 0 Å². The average molecular weight is 255 g/mol. The Labute approximate surface area is 110 Å². The van der Waals surface area contributed by atoms with Crippen LogP contribution in [0.1, 0.15) is 31.4 Å². The molecule has 1 rings (SSSR count). The highest BCUT2D eigenvalue weighted by molar-refractivity contribution is 6.31. The first kappa shape index (κ1) is 14.5. The van der Waals surface area contributed by atoms with Crippen LogP contribution in [0.15, 0.2) is 18.2 Å². The molecule has 0 aromatic heterocycles. The monoisotopic (exact) mass is 254 g/mol. The minimum Gasteiger partial charge on any atom is -0.315 e. The number of hydrogen-bond acceptors (Lipinski definition) is 2. The summed E-state index contributed by atoms with van der Waals surface area (Å²) in [5, 5.41) is 7.76. The topological polar surface area (TPSA) is 24.1 Å². The van der Waals surface area contributed by atoms with Crippen molar-refractivity contribution in [2.75, 3.05) is 13.1 Å². The Kier molecular flexibility index (Phi) is 6.56. The van der Waals surface area contributed by atoms with Gasteiger partial charge in [-0.05, 0) is 44.0 Å². The Balaban J connectivity index is 2.37. The Bertz CT molecular complexity index is 339. The first-order valence-corrected chi connectivity index (χ1v) is 6.71. The molecule has 0 radical (unpaired) electrons. The first-order valence-electron chi connectivity index (χ1n) is 6.33.